The summed E-state index contributed by atoms with van der Waals surface area (Å²) in [5.41, 5.74) is 0.167. The summed E-state index contributed by atoms with van der Waals surface area (Å²) in [5.74, 6) is -0.397. The van der Waals surface area contributed by atoms with Crippen molar-refractivity contribution in [3.05, 3.63) is 35.6 Å². The minimum atomic E-state index is -4.57. The van der Waals surface area contributed by atoms with Gasteiger partial charge >= 0.3 is 6.18 Å². The molecule has 0 spiro atoms. The number of pyridine rings is 1. The highest BCUT2D eigenvalue weighted by atomic mass is 35.5. The summed E-state index contributed by atoms with van der Waals surface area (Å²) < 4.78 is 83.3. The van der Waals surface area contributed by atoms with Crippen LogP contribution in [0.15, 0.2) is 24.8 Å². The van der Waals surface area contributed by atoms with E-state index in [0.717, 1.165) is 6.20 Å². The lowest BCUT2D eigenvalue weighted by atomic mass is 10.2. The Labute approximate surface area is 207 Å². The number of nitrogens with one attached hydrogen (secondary N) is 1. The first-order valence-corrected chi connectivity index (χ1v) is 12.3. The molecule has 36 heavy (non-hydrogen) atoms. The number of hydrogen-bond acceptors (Lipinski definition) is 10. The molecule has 194 valence electrons. The molecule has 1 aliphatic heterocycles. The molecule has 4 rings (SSSR count). The van der Waals surface area contributed by atoms with Crippen molar-refractivity contribution in [2.75, 3.05) is 37.4 Å². The molecular formula is C19H19ClF3N7O5S. The Balaban J connectivity index is 1.63. The van der Waals surface area contributed by atoms with Gasteiger partial charge in [-0.05, 0) is 0 Å². The lowest BCUT2D eigenvalue weighted by molar-refractivity contribution is -0.153. The molecule has 1 aliphatic rings. The number of aromatic nitrogens is 6. The van der Waals surface area contributed by atoms with Gasteiger partial charge in [-0.3, -0.25) is 14.3 Å². The van der Waals surface area contributed by atoms with Gasteiger partial charge in [0, 0.05) is 32.1 Å². The Morgan fingerprint density at radius 1 is 1.22 bits per heavy atom. The number of nitrogens with zero attached hydrogens (tertiary/aromatic N) is 6. The van der Waals surface area contributed by atoms with E-state index in [4.69, 9.17) is 25.8 Å². The third-order valence-electron chi connectivity index (χ3n) is 4.85. The number of aryl methyl sites for hydroxylation is 1. The predicted molar refractivity (Wildman–Crippen MR) is 119 cm³/mol. The van der Waals surface area contributed by atoms with Gasteiger partial charge in [0.05, 0.1) is 35.2 Å². The third kappa shape index (κ3) is 6.11. The third-order valence-corrected chi connectivity index (χ3v) is 6.28. The first-order chi connectivity index (χ1) is 17.1. The fourth-order valence-corrected chi connectivity index (χ4v) is 4.41. The molecule has 0 saturated heterocycles. The monoisotopic (exact) mass is 549 g/mol. The van der Waals surface area contributed by atoms with E-state index in [0.29, 0.717) is 5.02 Å². The van der Waals surface area contributed by atoms with Gasteiger partial charge in [-0.2, -0.15) is 13.2 Å². The van der Waals surface area contributed by atoms with Crippen LogP contribution in [-0.2, 0) is 21.2 Å². The van der Waals surface area contributed by atoms with Gasteiger partial charge in [0.15, 0.2) is 23.9 Å². The fraction of sp³-hybridized carbons (Fsp3) is 0.421. The highest BCUT2D eigenvalue weighted by Gasteiger charge is 2.33. The minimum Gasteiger partial charge on any atom is -0.487 e. The van der Waals surface area contributed by atoms with Crippen LogP contribution in [0.25, 0.3) is 11.4 Å². The summed E-state index contributed by atoms with van der Waals surface area (Å²) in [4.78, 5) is 11.9. The van der Waals surface area contributed by atoms with Crippen molar-refractivity contribution < 1.29 is 35.8 Å². The molecule has 12 nitrogen and oxygen atoms in total. The molecule has 1 atom stereocenters. The van der Waals surface area contributed by atoms with Gasteiger partial charge in [0.25, 0.3) is 0 Å². The molecule has 0 unspecified atom stereocenters. The van der Waals surface area contributed by atoms with E-state index in [1.54, 1.807) is 0 Å². The Morgan fingerprint density at radius 3 is 2.67 bits per heavy atom. The van der Waals surface area contributed by atoms with Crippen LogP contribution in [0.5, 0.6) is 11.5 Å². The smallest absolute Gasteiger partial charge is 0.422 e. The molecule has 3 aromatic rings. The zero-order valence-electron chi connectivity index (χ0n) is 18.6. The Hall–Kier alpha value is -3.24. The predicted octanol–water partition coefficient (Wildman–Crippen LogP) is 2.29. The number of sulfonamides is 1. The number of rotatable bonds is 9. The maximum Gasteiger partial charge on any atom is 0.422 e. The first kappa shape index (κ1) is 25.8. The van der Waals surface area contributed by atoms with Crippen molar-refractivity contribution >= 4 is 27.6 Å². The fourth-order valence-electron chi connectivity index (χ4n) is 3.34. The number of fused-ring (bicyclic) bond motifs is 3. The van der Waals surface area contributed by atoms with Crippen LogP contribution in [0.4, 0.5) is 19.1 Å². The van der Waals surface area contributed by atoms with E-state index in [1.807, 2.05) is 0 Å². The molecule has 0 saturated carbocycles. The second kappa shape index (κ2) is 10.4. The maximum atomic E-state index is 12.8. The van der Waals surface area contributed by atoms with Crippen molar-refractivity contribution in [3.8, 4) is 22.9 Å². The highest BCUT2D eigenvalue weighted by molar-refractivity contribution is 7.92. The average molecular weight is 550 g/mol. The average Bonchev–Trinajstić information content (AvgIpc) is 3.14. The lowest BCUT2D eigenvalue weighted by Crippen LogP contribution is -2.26. The van der Waals surface area contributed by atoms with E-state index in [-0.39, 0.29) is 60.0 Å². The van der Waals surface area contributed by atoms with Crippen molar-refractivity contribution in [2.24, 2.45) is 0 Å². The standard InChI is InChI=1S/C19H19ClF3N7O5S/c1-33-8-12-9-34-16-13(6-24-7-14(16)35-10-19(21,22)23)17-27-28-18(30(12)17)29-36(31,32)3-2-15-25-4-11(20)5-26-15/h4-7,12H,2-3,8-10H2,1H3,(H,28,29)/t12-/m1/s1. The van der Waals surface area contributed by atoms with Crippen molar-refractivity contribution in [1.29, 1.82) is 0 Å². The summed E-state index contributed by atoms with van der Waals surface area (Å²) in [6.45, 7) is -1.60. The molecule has 17 heteroatoms. The molecule has 3 aromatic heterocycles. The quantitative estimate of drug-likeness (QED) is 0.422. The Bertz CT molecular complexity index is 1320. The van der Waals surface area contributed by atoms with E-state index in [1.165, 1.54) is 30.3 Å². The number of methoxy groups -OCH3 is 1. The molecule has 1 N–H and O–H groups in total. The summed E-state index contributed by atoms with van der Waals surface area (Å²) in [6.07, 6.45) is 0.539. The van der Waals surface area contributed by atoms with Crippen LogP contribution in [-0.4, -0.2) is 77.0 Å². The van der Waals surface area contributed by atoms with Gasteiger partial charge in [-0.1, -0.05) is 11.6 Å². The normalized spacial score (nSPS) is 15.4. The van der Waals surface area contributed by atoms with E-state index in [2.05, 4.69) is 29.9 Å². The van der Waals surface area contributed by atoms with Gasteiger partial charge < -0.3 is 14.2 Å². The van der Waals surface area contributed by atoms with Crippen molar-refractivity contribution in [3.63, 3.8) is 0 Å². The summed E-state index contributed by atoms with van der Waals surface area (Å²) in [6, 6.07) is -0.639. The van der Waals surface area contributed by atoms with Gasteiger partial charge in [-0.25, -0.2) is 18.4 Å². The van der Waals surface area contributed by atoms with E-state index in [9.17, 15) is 21.6 Å². The van der Waals surface area contributed by atoms with Gasteiger partial charge in [-0.15, -0.1) is 10.2 Å². The molecular weight excluding hydrogens is 531 g/mol. The molecule has 0 aliphatic carbocycles. The number of anilines is 1. The van der Waals surface area contributed by atoms with Crippen LogP contribution in [0, 0.1) is 0 Å². The van der Waals surface area contributed by atoms with Crippen LogP contribution in [0.1, 0.15) is 11.9 Å². The van der Waals surface area contributed by atoms with Gasteiger partial charge in [0.1, 0.15) is 12.4 Å². The zero-order chi connectivity index (χ0) is 25.9. The number of halogens is 4. The van der Waals surface area contributed by atoms with Gasteiger partial charge in [0.2, 0.25) is 16.0 Å². The van der Waals surface area contributed by atoms with Crippen molar-refractivity contribution in [2.45, 2.75) is 18.6 Å². The number of ether oxygens (including phenoxy) is 3. The molecule has 0 aromatic carbocycles. The molecule has 0 amide bonds. The topological polar surface area (TPSA) is 143 Å². The highest BCUT2D eigenvalue weighted by Crippen LogP contribution is 2.41. The molecule has 0 radical (unpaired) electrons. The Kier molecular flexibility index (Phi) is 7.46. The minimum absolute atomic E-state index is 0.00473. The zero-order valence-corrected chi connectivity index (χ0v) is 20.1. The Morgan fingerprint density at radius 2 is 1.97 bits per heavy atom. The summed E-state index contributed by atoms with van der Waals surface area (Å²) in [5, 5.41) is 8.32. The second-order valence-electron chi connectivity index (χ2n) is 7.54. The molecule has 4 heterocycles. The van der Waals surface area contributed by atoms with Crippen LogP contribution in [0.3, 0.4) is 0 Å². The number of alkyl halides is 3. The maximum absolute atomic E-state index is 12.8. The SMILES string of the molecule is COC[C@@H]1COc2c(OCC(F)(F)F)cncc2-c2nnc(NS(=O)(=O)CCc3ncc(Cl)cn3)n21. The largest absolute Gasteiger partial charge is 0.487 e. The van der Waals surface area contributed by atoms with E-state index >= 15 is 0 Å². The molecule has 0 bridgehead atoms. The summed E-state index contributed by atoms with van der Waals surface area (Å²) >= 11 is 5.74. The number of hydrogen-bond donors (Lipinski definition) is 1. The first-order valence-electron chi connectivity index (χ1n) is 10.3. The summed E-state index contributed by atoms with van der Waals surface area (Å²) in [7, 11) is -2.51. The van der Waals surface area contributed by atoms with Crippen molar-refractivity contribution in [1.82, 2.24) is 29.7 Å². The second-order valence-corrected chi connectivity index (χ2v) is 9.82. The van der Waals surface area contributed by atoms with Crippen LogP contribution in [0.2, 0.25) is 5.02 Å². The van der Waals surface area contributed by atoms with E-state index < -0.39 is 28.8 Å². The lowest BCUT2D eigenvalue weighted by Gasteiger charge is -2.19. The van der Waals surface area contributed by atoms with Crippen LogP contribution < -0.4 is 14.2 Å². The van der Waals surface area contributed by atoms with Crippen LogP contribution >= 0.6 is 11.6 Å². The molecule has 0 fully saturated rings.